The Morgan fingerprint density at radius 3 is 3.05 bits per heavy atom. The molecular weight excluding hydrogens is 324 g/mol. The van der Waals surface area contributed by atoms with Crippen molar-refractivity contribution in [1.29, 1.82) is 0 Å². The zero-order chi connectivity index (χ0) is 13.7. The Morgan fingerprint density at radius 2 is 2.37 bits per heavy atom. The lowest BCUT2D eigenvalue weighted by Crippen LogP contribution is -2.28. The van der Waals surface area contributed by atoms with Crippen LogP contribution in [0, 0.1) is 0 Å². The highest BCUT2D eigenvalue weighted by molar-refractivity contribution is 9.10. The third-order valence-corrected chi connectivity index (χ3v) is 4.23. The molecule has 19 heavy (non-hydrogen) atoms. The molecule has 0 saturated heterocycles. The number of benzene rings is 1. The Balaban J connectivity index is 1.82. The molecule has 100 valence electrons. The topological polar surface area (TPSA) is 42.0 Å². The summed E-state index contributed by atoms with van der Waals surface area (Å²) in [4.78, 5) is 16.1. The third kappa shape index (κ3) is 4.44. The predicted octanol–water partition coefficient (Wildman–Crippen LogP) is 3.37. The summed E-state index contributed by atoms with van der Waals surface area (Å²) in [6.07, 6.45) is 2.20. The Kier molecular flexibility index (Phi) is 5.10. The van der Waals surface area contributed by atoms with E-state index in [1.807, 2.05) is 29.6 Å². The molecule has 2 aromatic rings. The van der Waals surface area contributed by atoms with Crippen molar-refractivity contribution in [2.45, 2.75) is 19.3 Å². The molecule has 1 N–H and O–H groups in total. The van der Waals surface area contributed by atoms with Crippen LogP contribution in [0.4, 0.5) is 0 Å². The van der Waals surface area contributed by atoms with E-state index in [9.17, 15) is 4.79 Å². The Labute approximate surface area is 125 Å². The van der Waals surface area contributed by atoms with E-state index in [4.69, 9.17) is 0 Å². The Hall–Kier alpha value is -1.20. The molecule has 1 atom stereocenters. The molecule has 3 nitrogen and oxygen atoms in total. The third-order valence-electron chi connectivity index (χ3n) is 2.73. The van der Waals surface area contributed by atoms with Gasteiger partial charge in [-0.25, -0.2) is 4.98 Å². The van der Waals surface area contributed by atoms with Crippen LogP contribution in [0.1, 0.15) is 23.4 Å². The van der Waals surface area contributed by atoms with Gasteiger partial charge in [0.1, 0.15) is 0 Å². The minimum atomic E-state index is 0.0431. The lowest BCUT2D eigenvalue weighted by Gasteiger charge is -2.10. The maximum absolute atomic E-state index is 11.9. The summed E-state index contributed by atoms with van der Waals surface area (Å²) >= 11 is 5.02. The lowest BCUT2D eigenvalue weighted by atomic mass is 10.1. The van der Waals surface area contributed by atoms with Crippen LogP contribution in [0.3, 0.4) is 0 Å². The van der Waals surface area contributed by atoms with Crippen molar-refractivity contribution in [3.8, 4) is 0 Å². The SMILES string of the molecule is CC(CNC(=O)Cc1cccc(Br)c1)c1nccs1. The average molecular weight is 339 g/mol. The summed E-state index contributed by atoms with van der Waals surface area (Å²) < 4.78 is 0.994. The number of carbonyl (C=O) groups excluding carboxylic acids is 1. The first-order valence-electron chi connectivity index (χ1n) is 6.05. The second-order valence-corrected chi connectivity index (χ2v) is 6.22. The second-order valence-electron chi connectivity index (χ2n) is 4.38. The molecule has 0 fully saturated rings. The number of hydrogen-bond donors (Lipinski definition) is 1. The van der Waals surface area contributed by atoms with Gasteiger partial charge >= 0.3 is 0 Å². The molecule has 0 aliphatic carbocycles. The van der Waals surface area contributed by atoms with E-state index < -0.39 is 0 Å². The number of thiazole rings is 1. The molecule has 0 spiro atoms. The van der Waals surface area contributed by atoms with E-state index in [-0.39, 0.29) is 11.8 Å². The zero-order valence-electron chi connectivity index (χ0n) is 10.6. The number of nitrogens with zero attached hydrogens (tertiary/aromatic N) is 1. The standard InChI is InChI=1S/C14H15BrN2OS/c1-10(14-16-5-6-19-14)9-17-13(18)8-11-3-2-4-12(15)7-11/h2-7,10H,8-9H2,1H3,(H,17,18). The molecule has 0 aliphatic heterocycles. The fourth-order valence-electron chi connectivity index (χ4n) is 1.73. The minimum absolute atomic E-state index is 0.0431. The van der Waals surface area contributed by atoms with Gasteiger partial charge in [0, 0.05) is 28.5 Å². The summed E-state index contributed by atoms with van der Waals surface area (Å²) in [6.45, 7) is 2.69. The molecule has 0 aliphatic rings. The van der Waals surface area contributed by atoms with Crippen molar-refractivity contribution in [2.24, 2.45) is 0 Å². The van der Waals surface area contributed by atoms with E-state index in [0.29, 0.717) is 13.0 Å². The summed E-state index contributed by atoms with van der Waals surface area (Å²) in [6, 6.07) is 7.80. The maximum Gasteiger partial charge on any atom is 0.224 e. The second kappa shape index (κ2) is 6.82. The number of amides is 1. The quantitative estimate of drug-likeness (QED) is 0.908. The lowest BCUT2D eigenvalue weighted by molar-refractivity contribution is -0.120. The van der Waals surface area contributed by atoms with Crippen LogP contribution >= 0.6 is 27.3 Å². The van der Waals surface area contributed by atoms with Crippen LogP contribution in [-0.2, 0) is 11.2 Å². The molecular formula is C14H15BrN2OS. The molecule has 0 bridgehead atoms. The normalized spacial score (nSPS) is 12.1. The van der Waals surface area contributed by atoms with Gasteiger partial charge in [0.05, 0.1) is 11.4 Å². The highest BCUT2D eigenvalue weighted by Crippen LogP contribution is 2.16. The maximum atomic E-state index is 11.9. The van der Waals surface area contributed by atoms with Gasteiger partial charge in [0.2, 0.25) is 5.91 Å². The molecule has 0 saturated carbocycles. The molecule has 2 rings (SSSR count). The largest absolute Gasteiger partial charge is 0.355 e. The fraction of sp³-hybridized carbons (Fsp3) is 0.286. The fourth-order valence-corrected chi connectivity index (χ4v) is 2.87. The van der Waals surface area contributed by atoms with Gasteiger partial charge in [-0.15, -0.1) is 11.3 Å². The van der Waals surface area contributed by atoms with E-state index >= 15 is 0 Å². The highest BCUT2D eigenvalue weighted by Gasteiger charge is 2.10. The molecule has 0 radical (unpaired) electrons. The predicted molar refractivity (Wildman–Crippen MR) is 81.4 cm³/mol. The molecule has 1 aromatic carbocycles. The number of carbonyl (C=O) groups is 1. The first-order valence-corrected chi connectivity index (χ1v) is 7.73. The van der Waals surface area contributed by atoms with E-state index in [1.165, 1.54) is 0 Å². The Morgan fingerprint density at radius 1 is 1.53 bits per heavy atom. The van der Waals surface area contributed by atoms with Crippen LogP contribution in [0.2, 0.25) is 0 Å². The zero-order valence-corrected chi connectivity index (χ0v) is 13.0. The highest BCUT2D eigenvalue weighted by atomic mass is 79.9. The summed E-state index contributed by atoms with van der Waals surface area (Å²) in [5, 5.41) is 5.96. The number of halogens is 1. The molecule has 1 unspecified atom stereocenters. The molecule has 5 heteroatoms. The first-order chi connectivity index (χ1) is 9.15. The average Bonchev–Trinajstić information content (AvgIpc) is 2.90. The van der Waals surface area contributed by atoms with Crippen LogP contribution in [0.25, 0.3) is 0 Å². The van der Waals surface area contributed by atoms with Crippen molar-refractivity contribution in [1.82, 2.24) is 10.3 Å². The van der Waals surface area contributed by atoms with Crippen molar-refractivity contribution < 1.29 is 4.79 Å². The van der Waals surface area contributed by atoms with Crippen molar-refractivity contribution in [3.63, 3.8) is 0 Å². The van der Waals surface area contributed by atoms with Gasteiger partial charge in [0.25, 0.3) is 0 Å². The summed E-state index contributed by atoms with van der Waals surface area (Å²) in [5.41, 5.74) is 1.01. The van der Waals surface area contributed by atoms with Gasteiger partial charge in [-0.2, -0.15) is 0 Å². The van der Waals surface area contributed by atoms with Gasteiger partial charge < -0.3 is 5.32 Å². The van der Waals surface area contributed by atoms with E-state index in [2.05, 4.69) is 33.2 Å². The minimum Gasteiger partial charge on any atom is -0.355 e. The van der Waals surface area contributed by atoms with Crippen LogP contribution in [0.15, 0.2) is 40.3 Å². The monoisotopic (exact) mass is 338 g/mol. The summed E-state index contributed by atoms with van der Waals surface area (Å²) in [7, 11) is 0. The van der Waals surface area contributed by atoms with Crippen molar-refractivity contribution in [2.75, 3.05) is 6.54 Å². The first kappa shape index (κ1) is 14.2. The molecule has 1 amide bonds. The van der Waals surface area contributed by atoms with Crippen molar-refractivity contribution >= 4 is 33.2 Å². The Bertz CT molecular complexity index is 542. The van der Waals surface area contributed by atoms with Gasteiger partial charge in [-0.3, -0.25) is 4.79 Å². The smallest absolute Gasteiger partial charge is 0.224 e. The van der Waals surface area contributed by atoms with Gasteiger partial charge in [-0.1, -0.05) is 35.0 Å². The van der Waals surface area contributed by atoms with Crippen LogP contribution < -0.4 is 5.32 Å². The van der Waals surface area contributed by atoms with E-state index in [0.717, 1.165) is 15.0 Å². The number of nitrogens with one attached hydrogen (secondary N) is 1. The van der Waals surface area contributed by atoms with Crippen LogP contribution in [-0.4, -0.2) is 17.4 Å². The summed E-state index contributed by atoms with van der Waals surface area (Å²) in [5.74, 6) is 0.299. The molecule has 1 aromatic heterocycles. The number of rotatable bonds is 5. The van der Waals surface area contributed by atoms with Crippen molar-refractivity contribution in [3.05, 3.63) is 50.9 Å². The van der Waals surface area contributed by atoms with Gasteiger partial charge in [-0.05, 0) is 17.7 Å². The van der Waals surface area contributed by atoms with Crippen LogP contribution in [0.5, 0.6) is 0 Å². The number of aromatic nitrogens is 1. The number of hydrogen-bond acceptors (Lipinski definition) is 3. The van der Waals surface area contributed by atoms with Gasteiger partial charge in [0.15, 0.2) is 0 Å². The molecule has 1 heterocycles. The van der Waals surface area contributed by atoms with E-state index in [1.54, 1.807) is 17.5 Å².